The number of nitrogens with zero attached hydrogens (tertiary/aromatic N) is 2. The van der Waals surface area contributed by atoms with Crippen LogP contribution in [-0.2, 0) is 6.54 Å². The summed E-state index contributed by atoms with van der Waals surface area (Å²) < 4.78 is 1.78. The van der Waals surface area contributed by atoms with Gasteiger partial charge >= 0.3 is 0 Å². The molecule has 0 fully saturated rings. The van der Waals surface area contributed by atoms with Crippen LogP contribution in [0.15, 0.2) is 12.3 Å². The van der Waals surface area contributed by atoms with Gasteiger partial charge in [0.25, 0.3) is 0 Å². The maximum atomic E-state index is 8.50. The van der Waals surface area contributed by atoms with Crippen molar-refractivity contribution < 1.29 is 5.11 Å². The largest absolute Gasteiger partial charge is 0.396 e. The summed E-state index contributed by atoms with van der Waals surface area (Å²) >= 11 is 0. The summed E-state index contributed by atoms with van der Waals surface area (Å²) in [5.74, 6) is 0.550. The molecule has 1 heterocycles. The van der Waals surface area contributed by atoms with Crippen LogP contribution in [0, 0.1) is 0 Å². The molecule has 0 aromatic carbocycles. The molecular formula is C7H13N3O. The third kappa shape index (κ3) is 2.59. The number of aliphatic hydroxyl groups excluding tert-OH is 1. The van der Waals surface area contributed by atoms with Gasteiger partial charge in [0.15, 0.2) is 0 Å². The Labute approximate surface area is 65.6 Å². The number of nitrogens with two attached hydrogens (primary N) is 1. The third-order valence-corrected chi connectivity index (χ3v) is 1.46. The molecule has 0 aliphatic carbocycles. The first-order valence-corrected chi connectivity index (χ1v) is 3.72. The van der Waals surface area contributed by atoms with Crippen molar-refractivity contribution in [2.75, 3.05) is 12.3 Å². The zero-order valence-corrected chi connectivity index (χ0v) is 6.40. The molecule has 1 rings (SSSR count). The van der Waals surface area contributed by atoms with Gasteiger partial charge in [-0.3, -0.25) is 4.68 Å². The zero-order chi connectivity index (χ0) is 8.10. The maximum Gasteiger partial charge on any atom is 0.145 e. The van der Waals surface area contributed by atoms with E-state index in [-0.39, 0.29) is 6.61 Å². The fourth-order valence-electron chi connectivity index (χ4n) is 0.888. The number of hydrogen-bond acceptors (Lipinski definition) is 3. The lowest BCUT2D eigenvalue weighted by molar-refractivity contribution is 0.280. The summed E-state index contributed by atoms with van der Waals surface area (Å²) in [5, 5.41) is 12.5. The molecule has 4 nitrogen and oxygen atoms in total. The standard InChI is InChI=1S/C7H13N3O/c8-7-3-5-10(9-7)4-1-2-6-11/h3,5,11H,1-2,4,6H2,(H2,8,9). The average Bonchev–Trinajstić information content (AvgIpc) is 2.37. The Bertz CT molecular complexity index is 209. The Balaban J connectivity index is 2.27. The van der Waals surface area contributed by atoms with E-state index in [1.165, 1.54) is 0 Å². The lowest BCUT2D eigenvalue weighted by Gasteiger charge is -1.98. The van der Waals surface area contributed by atoms with Gasteiger partial charge in [-0.1, -0.05) is 0 Å². The number of nitrogen functional groups attached to an aromatic ring is 1. The molecule has 1 aromatic rings. The molecule has 0 radical (unpaired) electrons. The van der Waals surface area contributed by atoms with E-state index in [0.29, 0.717) is 5.82 Å². The maximum absolute atomic E-state index is 8.50. The van der Waals surface area contributed by atoms with Crippen LogP contribution in [0.3, 0.4) is 0 Å². The van der Waals surface area contributed by atoms with Crippen LogP contribution < -0.4 is 5.73 Å². The minimum absolute atomic E-state index is 0.247. The first-order chi connectivity index (χ1) is 5.33. The number of aryl methyl sites for hydroxylation is 1. The van der Waals surface area contributed by atoms with Gasteiger partial charge in [0.05, 0.1) is 0 Å². The highest BCUT2D eigenvalue weighted by Crippen LogP contribution is 1.98. The quantitative estimate of drug-likeness (QED) is 0.612. The Hall–Kier alpha value is -1.03. The van der Waals surface area contributed by atoms with E-state index in [4.69, 9.17) is 10.8 Å². The molecule has 62 valence electrons. The van der Waals surface area contributed by atoms with Gasteiger partial charge in [0.2, 0.25) is 0 Å². The second-order valence-corrected chi connectivity index (χ2v) is 2.43. The molecule has 0 aliphatic rings. The highest BCUT2D eigenvalue weighted by molar-refractivity contribution is 5.23. The Morgan fingerprint density at radius 2 is 2.36 bits per heavy atom. The molecule has 0 saturated heterocycles. The van der Waals surface area contributed by atoms with Crippen LogP contribution in [0.1, 0.15) is 12.8 Å². The first-order valence-electron chi connectivity index (χ1n) is 3.72. The Morgan fingerprint density at radius 1 is 1.55 bits per heavy atom. The molecule has 11 heavy (non-hydrogen) atoms. The zero-order valence-electron chi connectivity index (χ0n) is 6.40. The fraction of sp³-hybridized carbons (Fsp3) is 0.571. The summed E-state index contributed by atoms with van der Waals surface area (Å²) in [6.45, 7) is 1.08. The average molecular weight is 155 g/mol. The number of aliphatic hydroxyl groups is 1. The van der Waals surface area contributed by atoms with Gasteiger partial charge < -0.3 is 10.8 Å². The topological polar surface area (TPSA) is 64.1 Å². The molecule has 0 aliphatic heterocycles. The van der Waals surface area contributed by atoms with E-state index in [1.807, 2.05) is 6.20 Å². The van der Waals surface area contributed by atoms with Crippen LogP contribution in [0.25, 0.3) is 0 Å². The molecule has 0 amide bonds. The number of anilines is 1. The number of hydrogen-bond donors (Lipinski definition) is 2. The van der Waals surface area contributed by atoms with Gasteiger partial charge in [0, 0.05) is 19.3 Å². The van der Waals surface area contributed by atoms with Crippen LogP contribution in [0.2, 0.25) is 0 Å². The molecule has 0 spiro atoms. The highest BCUT2D eigenvalue weighted by atomic mass is 16.2. The smallest absolute Gasteiger partial charge is 0.145 e. The summed E-state index contributed by atoms with van der Waals surface area (Å²) in [7, 11) is 0. The van der Waals surface area contributed by atoms with E-state index in [0.717, 1.165) is 19.4 Å². The molecule has 4 heteroatoms. The molecule has 0 atom stereocenters. The number of aromatic nitrogens is 2. The molecule has 0 unspecified atom stereocenters. The Kier molecular flexibility index (Phi) is 2.92. The number of rotatable bonds is 4. The van der Waals surface area contributed by atoms with Crippen LogP contribution in [0.4, 0.5) is 5.82 Å². The predicted octanol–water partition coefficient (Wildman–Crippen LogP) is 0.238. The van der Waals surface area contributed by atoms with Crippen molar-refractivity contribution in [2.24, 2.45) is 0 Å². The van der Waals surface area contributed by atoms with E-state index >= 15 is 0 Å². The van der Waals surface area contributed by atoms with E-state index in [2.05, 4.69) is 5.10 Å². The predicted molar refractivity (Wildman–Crippen MR) is 43.0 cm³/mol. The second kappa shape index (κ2) is 3.98. The number of unbranched alkanes of at least 4 members (excludes halogenated alkanes) is 1. The van der Waals surface area contributed by atoms with Gasteiger partial charge in [-0.2, -0.15) is 5.10 Å². The monoisotopic (exact) mass is 155 g/mol. The minimum Gasteiger partial charge on any atom is -0.396 e. The van der Waals surface area contributed by atoms with Crippen molar-refractivity contribution in [3.8, 4) is 0 Å². The van der Waals surface area contributed by atoms with Crippen molar-refractivity contribution in [2.45, 2.75) is 19.4 Å². The molecular weight excluding hydrogens is 142 g/mol. The molecule has 0 bridgehead atoms. The van der Waals surface area contributed by atoms with Crippen molar-refractivity contribution in [3.63, 3.8) is 0 Å². The SMILES string of the molecule is Nc1ccn(CCCCO)n1. The van der Waals surface area contributed by atoms with Gasteiger partial charge in [-0.25, -0.2) is 0 Å². The van der Waals surface area contributed by atoms with Crippen LogP contribution >= 0.6 is 0 Å². The third-order valence-electron chi connectivity index (χ3n) is 1.46. The van der Waals surface area contributed by atoms with E-state index in [9.17, 15) is 0 Å². The van der Waals surface area contributed by atoms with Crippen molar-refractivity contribution in [1.29, 1.82) is 0 Å². The minimum atomic E-state index is 0.247. The summed E-state index contributed by atoms with van der Waals surface area (Å²) in [5.41, 5.74) is 5.40. The summed E-state index contributed by atoms with van der Waals surface area (Å²) in [6.07, 6.45) is 3.60. The van der Waals surface area contributed by atoms with Crippen LogP contribution in [0.5, 0.6) is 0 Å². The highest BCUT2D eigenvalue weighted by Gasteiger charge is 1.92. The Morgan fingerprint density at radius 3 is 2.91 bits per heavy atom. The molecule has 0 saturated carbocycles. The van der Waals surface area contributed by atoms with E-state index in [1.54, 1.807) is 10.7 Å². The van der Waals surface area contributed by atoms with E-state index < -0.39 is 0 Å². The molecule has 3 N–H and O–H groups in total. The van der Waals surface area contributed by atoms with Crippen molar-refractivity contribution >= 4 is 5.82 Å². The lowest BCUT2D eigenvalue weighted by atomic mass is 10.3. The van der Waals surface area contributed by atoms with Gasteiger partial charge in [-0.15, -0.1) is 0 Å². The lowest BCUT2D eigenvalue weighted by Crippen LogP contribution is -2.00. The summed E-state index contributed by atoms with van der Waals surface area (Å²) in [6, 6.07) is 1.76. The summed E-state index contributed by atoms with van der Waals surface area (Å²) in [4.78, 5) is 0. The first kappa shape index (κ1) is 8.07. The van der Waals surface area contributed by atoms with Gasteiger partial charge in [0.1, 0.15) is 5.82 Å². The molecule has 1 aromatic heterocycles. The van der Waals surface area contributed by atoms with Crippen LogP contribution in [-0.4, -0.2) is 21.5 Å². The van der Waals surface area contributed by atoms with Gasteiger partial charge in [-0.05, 0) is 18.9 Å². The second-order valence-electron chi connectivity index (χ2n) is 2.43. The fourth-order valence-corrected chi connectivity index (χ4v) is 0.888. The van der Waals surface area contributed by atoms with Crippen molar-refractivity contribution in [1.82, 2.24) is 9.78 Å². The van der Waals surface area contributed by atoms with Crippen molar-refractivity contribution in [3.05, 3.63) is 12.3 Å². The normalized spacial score (nSPS) is 10.3.